The number of fused-ring (bicyclic) bond motifs is 1. The molecule has 0 aliphatic carbocycles. The van der Waals surface area contributed by atoms with Crippen LogP contribution in [0, 0.1) is 29.6 Å². The van der Waals surface area contributed by atoms with Gasteiger partial charge in [-0.15, -0.1) is 23.5 Å². The first kappa shape index (κ1) is 34.4. The van der Waals surface area contributed by atoms with Crippen LogP contribution in [-0.4, -0.2) is 86.2 Å². The van der Waals surface area contributed by atoms with Crippen LogP contribution in [0.15, 0.2) is 40.0 Å². The number of alkyl carbamates (subject to hydrolysis) is 1. The van der Waals surface area contributed by atoms with Crippen LogP contribution in [0.3, 0.4) is 0 Å². The number of hydrogen-bond donors (Lipinski definition) is 2. The second-order valence-corrected chi connectivity index (χ2v) is 16.3. The molecular weight excluding hydrogens is 645 g/mol. The van der Waals surface area contributed by atoms with E-state index in [1.807, 2.05) is 54.7 Å². The zero-order valence-corrected chi connectivity index (χ0v) is 30.2. The molecule has 3 unspecified atom stereocenters. The van der Waals surface area contributed by atoms with Crippen molar-refractivity contribution in [3.05, 3.63) is 46.5 Å². The van der Waals surface area contributed by atoms with Gasteiger partial charge in [0.25, 0.3) is 0 Å². The number of H-pyrrole nitrogens is 1. The van der Waals surface area contributed by atoms with E-state index >= 15 is 0 Å². The number of amides is 3. The lowest BCUT2D eigenvalue weighted by Gasteiger charge is -2.31. The van der Waals surface area contributed by atoms with Crippen LogP contribution in [0.4, 0.5) is 4.79 Å². The SMILES string of the molecule is COC(=O)NC(C(=O)N1CCC[C@H]1C1=NC=C(C#CC2=CC3SC(c4cnc([C@@H]5CCCN5C(=O)[C@@H](C)C(C)C)[nH]4)=CC3S2)C1)C(C)C. The molecule has 0 aromatic carbocycles. The number of methoxy groups -OCH3 is 1. The molecule has 0 bridgehead atoms. The molecule has 1 aromatic heterocycles. The molecule has 6 rings (SSSR count). The maximum absolute atomic E-state index is 13.5. The van der Waals surface area contributed by atoms with Crippen molar-refractivity contribution in [2.45, 2.75) is 95.3 Å². The van der Waals surface area contributed by atoms with E-state index in [2.05, 4.69) is 48.1 Å². The highest BCUT2D eigenvalue weighted by Gasteiger charge is 2.39. The molecule has 1 aromatic rings. The Morgan fingerprint density at radius 1 is 0.958 bits per heavy atom. The van der Waals surface area contributed by atoms with Gasteiger partial charge in [-0.3, -0.25) is 14.6 Å². The number of carbonyl (C=O) groups excluding carboxylic acids is 3. The van der Waals surface area contributed by atoms with Crippen molar-refractivity contribution < 1.29 is 19.1 Å². The Balaban J connectivity index is 1.02. The number of aromatic amines is 1. The van der Waals surface area contributed by atoms with Gasteiger partial charge < -0.3 is 24.8 Å². The number of hydrogen-bond acceptors (Lipinski definition) is 8. The molecule has 0 spiro atoms. The minimum Gasteiger partial charge on any atom is -0.453 e. The smallest absolute Gasteiger partial charge is 0.407 e. The van der Waals surface area contributed by atoms with Gasteiger partial charge in [-0.05, 0) is 43.6 Å². The molecule has 6 heterocycles. The minimum absolute atomic E-state index is 0.00215. The molecule has 0 radical (unpaired) electrons. The first-order chi connectivity index (χ1) is 23.0. The summed E-state index contributed by atoms with van der Waals surface area (Å²) in [7, 11) is 1.30. The van der Waals surface area contributed by atoms with Crippen LogP contribution in [0.1, 0.15) is 84.3 Å². The first-order valence-corrected chi connectivity index (χ1v) is 18.8. The molecule has 48 heavy (non-hydrogen) atoms. The van der Waals surface area contributed by atoms with Gasteiger partial charge in [0.2, 0.25) is 11.8 Å². The van der Waals surface area contributed by atoms with E-state index in [9.17, 15) is 14.4 Å². The molecule has 0 saturated carbocycles. The second kappa shape index (κ2) is 14.6. The third kappa shape index (κ3) is 7.13. The van der Waals surface area contributed by atoms with Gasteiger partial charge in [-0.1, -0.05) is 52.5 Å². The highest BCUT2D eigenvalue weighted by atomic mass is 32.2. The van der Waals surface area contributed by atoms with Crippen LogP contribution < -0.4 is 5.32 Å². The number of carbonyl (C=O) groups is 3. The van der Waals surface area contributed by atoms with Crippen molar-refractivity contribution in [1.82, 2.24) is 25.1 Å². The predicted molar refractivity (Wildman–Crippen MR) is 192 cm³/mol. The lowest BCUT2D eigenvalue weighted by molar-refractivity contribution is -0.137. The minimum atomic E-state index is -0.646. The summed E-state index contributed by atoms with van der Waals surface area (Å²) in [6.45, 7) is 11.5. The summed E-state index contributed by atoms with van der Waals surface area (Å²) in [4.78, 5) is 57.6. The molecule has 2 saturated heterocycles. The number of aliphatic imine (C=N–C) groups is 1. The number of thioether (sulfide) groups is 2. The topological polar surface area (TPSA) is 120 Å². The fourth-order valence-corrected chi connectivity index (χ4v) is 9.62. The van der Waals surface area contributed by atoms with E-state index in [0.29, 0.717) is 29.4 Å². The Morgan fingerprint density at radius 2 is 1.67 bits per heavy atom. The molecule has 2 N–H and O–H groups in total. The maximum Gasteiger partial charge on any atom is 0.407 e. The normalized spacial score (nSPS) is 26.1. The van der Waals surface area contributed by atoms with Crippen molar-refractivity contribution in [2.75, 3.05) is 20.2 Å². The van der Waals surface area contributed by atoms with Crippen LogP contribution in [-0.2, 0) is 14.3 Å². The van der Waals surface area contributed by atoms with Gasteiger partial charge >= 0.3 is 6.09 Å². The van der Waals surface area contributed by atoms with Crippen molar-refractivity contribution in [1.29, 1.82) is 0 Å². The van der Waals surface area contributed by atoms with Crippen molar-refractivity contribution in [3.8, 4) is 11.8 Å². The van der Waals surface area contributed by atoms with E-state index in [1.54, 1.807) is 11.8 Å². The molecule has 5 aliphatic rings. The van der Waals surface area contributed by atoms with Gasteiger partial charge in [0.15, 0.2) is 0 Å². The second-order valence-electron chi connectivity index (χ2n) is 13.9. The van der Waals surface area contributed by atoms with Crippen LogP contribution in [0.25, 0.3) is 4.91 Å². The van der Waals surface area contributed by atoms with Gasteiger partial charge in [-0.25, -0.2) is 9.78 Å². The number of nitrogens with one attached hydrogen (secondary N) is 2. The van der Waals surface area contributed by atoms with E-state index in [4.69, 9.17) is 14.7 Å². The summed E-state index contributed by atoms with van der Waals surface area (Å²) >= 11 is 3.62. The fraction of sp³-hybridized carbons (Fsp3) is 0.583. The van der Waals surface area contributed by atoms with Crippen molar-refractivity contribution in [3.63, 3.8) is 0 Å². The Kier molecular flexibility index (Phi) is 10.5. The van der Waals surface area contributed by atoms with Gasteiger partial charge in [-0.2, -0.15) is 0 Å². The number of allylic oxidation sites excluding steroid dienone is 2. The summed E-state index contributed by atoms with van der Waals surface area (Å²) in [6.07, 6.45) is 12.0. The van der Waals surface area contributed by atoms with E-state index in [1.165, 1.54) is 12.0 Å². The lowest BCUT2D eigenvalue weighted by atomic mass is 9.96. The average molecular weight is 691 g/mol. The molecule has 12 heteroatoms. The van der Waals surface area contributed by atoms with E-state index in [0.717, 1.165) is 59.9 Å². The fourth-order valence-electron chi connectivity index (χ4n) is 6.90. The van der Waals surface area contributed by atoms with Crippen molar-refractivity contribution in [2.24, 2.45) is 22.7 Å². The summed E-state index contributed by atoms with van der Waals surface area (Å²) in [5, 5.41) is 3.33. The standard InChI is InChI=1S/C36H46N6O4S2/c1-20(2)22(5)34(43)42-14-8-10-28(42)33-38-19-26(39-33)29-17-31-30(48-29)16-24(47-31)12-11-23-15-25(37-18-23)27-9-7-13-41(27)35(44)32(21(3)4)40-36(45)46-6/h16-22,27-28,30-32H,7-10,13-15H2,1-6H3,(H,38,39)(H,40,45)/t22-,27-,28-,30?,31?,32?/m0/s1. The zero-order valence-electron chi connectivity index (χ0n) is 28.6. The van der Waals surface area contributed by atoms with E-state index < -0.39 is 12.1 Å². The molecule has 3 amide bonds. The van der Waals surface area contributed by atoms with E-state index in [-0.39, 0.29) is 35.7 Å². The van der Waals surface area contributed by atoms with Gasteiger partial charge in [0.05, 0.1) is 36.0 Å². The van der Waals surface area contributed by atoms with Gasteiger partial charge in [0, 0.05) is 58.3 Å². The molecule has 5 aliphatic heterocycles. The summed E-state index contributed by atoms with van der Waals surface area (Å²) in [5.41, 5.74) is 2.92. The van der Waals surface area contributed by atoms with Gasteiger partial charge in [0.1, 0.15) is 11.9 Å². The van der Waals surface area contributed by atoms with Crippen molar-refractivity contribution >= 4 is 52.0 Å². The maximum atomic E-state index is 13.5. The lowest BCUT2D eigenvalue weighted by Crippen LogP contribution is -2.53. The Morgan fingerprint density at radius 3 is 2.35 bits per heavy atom. The Hall–Kier alpha value is -3.43. The summed E-state index contributed by atoms with van der Waals surface area (Å²) < 4.78 is 4.75. The molecule has 6 atom stereocenters. The first-order valence-electron chi connectivity index (χ1n) is 17.1. The summed E-state index contributed by atoms with van der Waals surface area (Å²) in [6, 6.07) is -0.716. The quantitative estimate of drug-likeness (QED) is 0.325. The highest BCUT2D eigenvalue weighted by Crippen LogP contribution is 2.50. The summed E-state index contributed by atoms with van der Waals surface area (Å²) in [5.74, 6) is 7.98. The molecule has 10 nitrogen and oxygen atoms in total. The number of rotatable bonds is 8. The Bertz CT molecular complexity index is 1630. The predicted octanol–water partition coefficient (Wildman–Crippen LogP) is 5.92. The number of imidazole rings is 1. The highest BCUT2D eigenvalue weighted by molar-refractivity contribution is 8.12. The average Bonchev–Trinajstić information content (AvgIpc) is 3.90. The van der Waals surface area contributed by atoms with Crippen LogP contribution >= 0.6 is 23.5 Å². The van der Waals surface area contributed by atoms with Crippen LogP contribution in [0.5, 0.6) is 0 Å². The third-order valence-electron chi connectivity index (χ3n) is 10.00. The van der Waals surface area contributed by atoms with Crippen LogP contribution in [0.2, 0.25) is 0 Å². The Labute approximate surface area is 292 Å². The largest absolute Gasteiger partial charge is 0.453 e. The number of nitrogens with zero attached hydrogens (tertiary/aromatic N) is 4. The monoisotopic (exact) mass is 690 g/mol. The molecule has 2 fully saturated rings. The molecular formula is C36H46N6O4S2. The third-order valence-corrected chi connectivity index (χ3v) is 12.7. The zero-order chi connectivity index (χ0) is 34.1. The number of likely N-dealkylation sites (tertiary alicyclic amines) is 2. The molecule has 256 valence electrons. The number of aromatic nitrogens is 2. The number of ether oxygens (including phenoxy) is 1.